The molecule has 1 aromatic rings. The lowest BCUT2D eigenvalue weighted by Crippen LogP contribution is -2.57. The van der Waals surface area contributed by atoms with Gasteiger partial charge in [-0.25, -0.2) is 8.78 Å². The first-order valence-electron chi connectivity index (χ1n) is 8.56. The topological polar surface area (TPSA) is 40.1 Å². The van der Waals surface area contributed by atoms with Gasteiger partial charge in [0.15, 0.2) is 17.6 Å². The van der Waals surface area contributed by atoms with Crippen LogP contribution < -0.4 is 10.1 Å². The van der Waals surface area contributed by atoms with Crippen LogP contribution in [0.15, 0.2) is 23.2 Å². The second kappa shape index (κ2) is 11.0. The molecule has 0 saturated carbocycles. The van der Waals surface area contributed by atoms with Crippen molar-refractivity contribution in [1.29, 1.82) is 0 Å². The van der Waals surface area contributed by atoms with Gasteiger partial charge in [0.2, 0.25) is 0 Å². The van der Waals surface area contributed by atoms with Crippen molar-refractivity contribution in [3.05, 3.63) is 29.8 Å². The minimum absolute atomic E-state index is 0. The van der Waals surface area contributed by atoms with E-state index in [1.807, 2.05) is 4.90 Å². The average Bonchev–Trinajstić information content (AvgIpc) is 2.63. The fourth-order valence-electron chi connectivity index (χ4n) is 2.76. The third kappa shape index (κ3) is 6.90. The third-order valence-corrected chi connectivity index (χ3v) is 4.39. The molecule has 1 atom stereocenters. The van der Waals surface area contributed by atoms with Gasteiger partial charge in [0.25, 0.3) is 0 Å². The summed E-state index contributed by atoms with van der Waals surface area (Å²) in [7, 11) is 1.59. The van der Waals surface area contributed by atoms with Crippen molar-refractivity contribution in [1.82, 2.24) is 15.1 Å². The number of guanidine groups is 1. The summed E-state index contributed by atoms with van der Waals surface area (Å²) in [6.07, 6.45) is -4.24. The number of hydrogen-bond acceptors (Lipinski definition) is 3. The molecule has 1 aromatic carbocycles. The van der Waals surface area contributed by atoms with E-state index in [0.717, 1.165) is 12.1 Å². The molecule has 1 heterocycles. The molecule has 0 spiro atoms. The number of nitrogens with zero attached hydrogens (tertiary/aromatic N) is 3. The van der Waals surface area contributed by atoms with Crippen LogP contribution >= 0.6 is 24.0 Å². The van der Waals surface area contributed by atoms with E-state index in [1.54, 1.807) is 7.05 Å². The first-order chi connectivity index (χ1) is 12.7. The first-order valence-corrected chi connectivity index (χ1v) is 8.56. The van der Waals surface area contributed by atoms with Crippen LogP contribution in [-0.4, -0.2) is 74.4 Å². The highest BCUT2D eigenvalue weighted by molar-refractivity contribution is 14.0. The lowest BCUT2D eigenvalue weighted by molar-refractivity contribution is -0.181. The van der Waals surface area contributed by atoms with E-state index in [4.69, 9.17) is 4.74 Å². The van der Waals surface area contributed by atoms with E-state index in [9.17, 15) is 22.0 Å². The maximum absolute atomic E-state index is 13.1. The summed E-state index contributed by atoms with van der Waals surface area (Å²) in [4.78, 5) is 7.40. The normalized spacial score (nSPS) is 17.1. The van der Waals surface area contributed by atoms with Crippen molar-refractivity contribution in [3.8, 4) is 5.75 Å². The van der Waals surface area contributed by atoms with Gasteiger partial charge in [0.1, 0.15) is 18.4 Å². The Morgan fingerprint density at radius 2 is 1.82 bits per heavy atom. The lowest BCUT2D eigenvalue weighted by atomic mass is 10.2. The van der Waals surface area contributed by atoms with E-state index in [1.165, 1.54) is 17.9 Å². The number of alkyl halides is 3. The van der Waals surface area contributed by atoms with Crippen LogP contribution in [0.4, 0.5) is 22.0 Å². The number of aliphatic imine (C=N–C) groups is 1. The molecule has 0 amide bonds. The number of nitrogens with one attached hydrogen (secondary N) is 1. The quantitative estimate of drug-likeness (QED) is 0.212. The molecule has 160 valence electrons. The minimum atomic E-state index is -4.24. The molecule has 1 unspecified atom stereocenters. The number of benzene rings is 1. The number of piperazine rings is 1. The molecule has 1 aliphatic heterocycles. The van der Waals surface area contributed by atoms with Crippen LogP contribution in [-0.2, 0) is 0 Å². The Kier molecular flexibility index (Phi) is 9.67. The van der Waals surface area contributed by atoms with Gasteiger partial charge in [0.05, 0.1) is 6.54 Å². The smallest absolute Gasteiger partial charge is 0.403 e. The average molecular weight is 522 g/mol. The van der Waals surface area contributed by atoms with Crippen molar-refractivity contribution in [2.24, 2.45) is 4.99 Å². The highest BCUT2D eigenvalue weighted by atomic mass is 127. The Morgan fingerprint density at radius 1 is 1.18 bits per heavy atom. The molecular formula is C17H24F5IN4O. The van der Waals surface area contributed by atoms with Gasteiger partial charge in [-0.3, -0.25) is 9.89 Å². The lowest BCUT2D eigenvalue weighted by Gasteiger charge is -2.39. The summed E-state index contributed by atoms with van der Waals surface area (Å²) < 4.78 is 69.7. The largest absolute Gasteiger partial charge is 0.492 e. The highest BCUT2D eigenvalue weighted by Crippen LogP contribution is 2.25. The van der Waals surface area contributed by atoms with Gasteiger partial charge in [0, 0.05) is 39.3 Å². The third-order valence-electron chi connectivity index (χ3n) is 4.39. The van der Waals surface area contributed by atoms with Crippen LogP contribution in [0.5, 0.6) is 5.75 Å². The summed E-state index contributed by atoms with van der Waals surface area (Å²) in [5.74, 6) is -1.16. The summed E-state index contributed by atoms with van der Waals surface area (Å²) in [6.45, 7) is 3.12. The molecule has 28 heavy (non-hydrogen) atoms. The molecule has 0 bridgehead atoms. The predicted octanol–water partition coefficient (Wildman–Crippen LogP) is 3.11. The number of rotatable bonds is 5. The molecule has 2 rings (SSSR count). The second-order valence-electron chi connectivity index (χ2n) is 6.14. The summed E-state index contributed by atoms with van der Waals surface area (Å²) in [6, 6.07) is 1.80. The molecule has 0 aliphatic carbocycles. The fraction of sp³-hybridized carbons (Fsp3) is 0.588. The number of halogens is 6. The van der Waals surface area contributed by atoms with Crippen LogP contribution in [0, 0.1) is 11.6 Å². The molecule has 0 radical (unpaired) electrons. The van der Waals surface area contributed by atoms with Gasteiger partial charge in [-0.05, 0) is 19.1 Å². The van der Waals surface area contributed by atoms with E-state index in [-0.39, 0.29) is 49.4 Å². The minimum Gasteiger partial charge on any atom is -0.492 e. The zero-order chi connectivity index (χ0) is 20.0. The van der Waals surface area contributed by atoms with E-state index in [0.29, 0.717) is 25.6 Å². The van der Waals surface area contributed by atoms with Gasteiger partial charge in [-0.15, -0.1) is 24.0 Å². The SMILES string of the molecule is CN=C(NCCOc1ccc(F)c(F)c1)N1CCN(C(C)C(F)(F)F)CC1.I. The summed E-state index contributed by atoms with van der Waals surface area (Å²) in [5, 5.41) is 3.05. The Labute approximate surface area is 177 Å². The number of hydrogen-bond donors (Lipinski definition) is 1. The standard InChI is InChI=1S/C17H23F5N4O.HI/c1-12(17(20,21)22)25-6-8-26(9-7-25)16(23-2)24-5-10-27-13-3-4-14(18)15(19)11-13;/h3-4,11-12H,5-10H2,1-2H3,(H,23,24);1H. The summed E-state index contributed by atoms with van der Waals surface area (Å²) in [5.41, 5.74) is 0. The van der Waals surface area contributed by atoms with Crippen molar-refractivity contribution < 1.29 is 26.7 Å². The zero-order valence-corrected chi connectivity index (χ0v) is 17.9. The van der Waals surface area contributed by atoms with Crippen LogP contribution in [0.2, 0.25) is 0 Å². The van der Waals surface area contributed by atoms with Gasteiger partial charge in [-0.1, -0.05) is 0 Å². The zero-order valence-electron chi connectivity index (χ0n) is 15.6. The van der Waals surface area contributed by atoms with Crippen molar-refractivity contribution in [2.75, 3.05) is 46.4 Å². The molecule has 0 aromatic heterocycles. The van der Waals surface area contributed by atoms with E-state index in [2.05, 4.69) is 10.3 Å². The second-order valence-corrected chi connectivity index (χ2v) is 6.14. The molecule has 1 N–H and O–H groups in total. The maximum atomic E-state index is 13.1. The Bertz CT molecular complexity index is 651. The van der Waals surface area contributed by atoms with Crippen LogP contribution in [0.3, 0.4) is 0 Å². The Hall–Kier alpha value is -1.37. The monoisotopic (exact) mass is 522 g/mol. The molecule has 1 fully saturated rings. The summed E-state index contributed by atoms with van der Waals surface area (Å²) >= 11 is 0. The van der Waals surface area contributed by atoms with Gasteiger partial charge < -0.3 is 15.0 Å². The molecular weight excluding hydrogens is 498 g/mol. The first kappa shape index (κ1) is 24.7. The van der Waals surface area contributed by atoms with Crippen molar-refractivity contribution >= 4 is 29.9 Å². The van der Waals surface area contributed by atoms with Crippen LogP contribution in [0.1, 0.15) is 6.92 Å². The van der Waals surface area contributed by atoms with Crippen molar-refractivity contribution in [3.63, 3.8) is 0 Å². The van der Waals surface area contributed by atoms with E-state index < -0.39 is 23.9 Å². The van der Waals surface area contributed by atoms with Gasteiger partial charge in [-0.2, -0.15) is 13.2 Å². The predicted molar refractivity (Wildman–Crippen MR) is 107 cm³/mol. The van der Waals surface area contributed by atoms with Gasteiger partial charge >= 0.3 is 6.18 Å². The van der Waals surface area contributed by atoms with E-state index >= 15 is 0 Å². The van der Waals surface area contributed by atoms with Crippen molar-refractivity contribution in [2.45, 2.75) is 19.1 Å². The maximum Gasteiger partial charge on any atom is 0.403 e. The highest BCUT2D eigenvalue weighted by Gasteiger charge is 2.41. The fourth-order valence-corrected chi connectivity index (χ4v) is 2.76. The Morgan fingerprint density at radius 3 is 2.36 bits per heavy atom. The molecule has 1 saturated heterocycles. The van der Waals surface area contributed by atoms with Crippen LogP contribution in [0.25, 0.3) is 0 Å². The molecule has 11 heteroatoms. The Balaban J connectivity index is 0.00000392. The molecule has 1 aliphatic rings. The number of ether oxygens (including phenoxy) is 1. The molecule has 5 nitrogen and oxygen atoms in total.